The summed E-state index contributed by atoms with van der Waals surface area (Å²) in [5.74, 6) is 0. The molecule has 7 heteroatoms. The fraction of sp³-hybridized carbons (Fsp3) is 0.400. The highest BCUT2D eigenvalue weighted by atomic mass is 31.2. The summed E-state index contributed by atoms with van der Waals surface area (Å²) < 4.78 is 13.7. The molecule has 0 amide bonds. The van der Waals surface area contributed by atoms with E-state index in [1.807, 2.05) is 0 Å². The minimum Gasteiger partial charge on any atom is -0.398 e. The maximum atomic E-state index is 12.4. The number of nitrogens with zero attached hydrogens (tertiary/aromatic N) is 1. The molecule has 0 aliphatic heterocycles. The number of anilines is 1. The van der Waals surface area contributed by atoms with Gasteiger partial charge in [-0.25, -0.2) is 0 Å². The van der Waals surface area contributed by atoms with E-state index in [1.165, 1.54) is 10.8 Å². The molecule has 0 unspecified atom stereocenters. The lowest BCUT2D eigenvalue weighted by Crippen LogP contribution is -2.34. The van der Waals surface area contributed by atoms with E-state index in [9.17, 15) is 19.1 Å². The second kappa shape index (κ2) is 5.54. The Kier molecular flexibility index (Phi) is 4.22. The topological polar surface area (TPSA) is 106 Å². The number of aryl methyl sites for hydroxylation is 1. The average Bonchev–Trinajstić information content (AvgIpc) is 2.44. The van der Waals surface area contributed by atoms with Crippen LogP contribution in [0.2, 0.25) is 0 Å². The smallest absolute Gasteiger partial charge is 0.351 e. The van der Waals surface area contributed by atoms with E-state index in [2.05, 4.69) is 0 Å². The van der Waals surface area contributed by atoms with Crippen molar-refractivity contribution in [2.45, 2.75) is 38.9 Å². The van der Waals surface area contributed by atoms with Crippen molar-refractivity contribution < 1.29 is 14.4 Å². The van der Waals surface area contributed by atoms with Crippen molar-refractivity contribution in [2.24, 2.45) is 0 Å². The molecule has 0 saturated heterocycles. The number of hydrogen-bond acceptors (Lipinski definition) is 3. The van der Waals surface area contributed by atoms with Crippen LogP contribution in [0.4, 0.5) is 5.69 Å². The molecule has 4 N–H and O–H groups in total. The molecule has 6 nitrogen and oxygen atoms in total. The molecule has 0 saturated carbocycles. The summed E-state index contributed by atoms with van der Waals surface area (Å²) in [5, 5.41) is -1.08. The number of nitrogen functional groups attached to an aromatic ring is 1. The van der Waals surface area contributed by atoms with Gasteiger partial charge in [-0.05, 0) is 31.9 Å². The Morgan fingerprint density at radius 3 is 2.36 bits per heavy atom. The molecule has 1 aromatic heterocycles. The van der Waals surface area contributed by atoms with Crippen LogP contribution in [0, 0.1) is 6.92 Å². The fourth-order valence-electron chi connectivity index (χ4n) is 3.01. The van der Waals surface area contributed by atoms with E-state index < -0.39 is 12.9 Å². The molecule has 22 heavy (non-hydrogen) atoms. The lowest BCUT2D eigenvalue weighted by atomic mass is 10.1. The highest BCUT2D eigenvalue weighted by molar-refractivity contribution is 7.52. The molecule has 1 aromatic carbocycles. The number of fused-ring (bicyclic) bond motifs is 1. The summed E-state index contributed by atoms with van der Waals surface area (Å²) in [6.45, 7) is 5.09. The standard InChI is InChI=1S/C15H21N2O4P/c1-4-15(5-2,22(19,20)21)17-9-10(3)14(18)13-11(16)7-6-8-12(13)17/h6-9H,4-5,16H2,1-3H3,(H2,19,20,21). The van der Waals surface area contributed by atoms with Gasteiger partial charge in [0, 0.05) is 17.4 Å². The summed E-state index contributed by atoms with van der Waals surface area (Å²) in [6, 6.07) is 4.96. The summed E-state index contributed by atoms with van der Waals surface area (Å²) in [5.41, 5.74) is 6.88. The van der Waals surface area contributed by atoms with Crippen molar-refractivity contribution in [3.05, 3.63) is 40.2 Å². The molecular formula is C15H21N2O4P. The number of aromatic nitrogens is 1. The zero-order valence-electron chi connectivity index (χ0n) is 12.9. The molecular weight excluding hydrogens is 303 g/mol. The zero-order chi connectivity index (χ0) is 16.7. The Labute approximate surface area is 128 Å². The molecule has 2 aromatic rings. The summed E-state index contributed by atoms with van der Waals surface area (Å²) in [4.78, 5) is 32.3. The van der Waals surface area contributed by atoms with Crippen molar-refractivity contribution in [3.8, 4) is 0 Å². The third kappa shape index (κ3) is 2.28. The van der Waals surface area contributed by atoms with Crippen LogP contribution in [0.25, 0.3) is 10.9 Å². The molecule has 1 heterocycles. The summed E-state index contributed by atoms with van der Waals surface area (Å²) in [7, 11) is -4.46. The van der Waals surface area contributed by atoms with Crippen LogP contribution in [0.15, 0.2) is 29.2 Å². The Morgan fingerprint density at radius 1 is 1.27 bits per heavy atom. The van der Waals surface area contributed by atoms with Crippen LogP contribution < -0.4 is 11.2 Å². The van der Waals surface area contributed by atoms with Crippen LogP contribution >= 0.6 is 7.60 Å². The Hall–Kier alpha value is -1.62. The monoisotopic (exact) mass is 324 g/mol. The van der Waals surface area contributed by atoms with Gasteiger partial charge < -0.3 is 20.1 Å². The number of rotatable bonds is 4. The average molecular weight is 324 g/mol. The van der Waals surface area contributed by atoms with E-state index in [1.54, 1.807) is 39.0 Å². The van der Waals surface area contributed by atoms with Crippen molar-refractivity contribution in [2.75, 3.05) is 5.73 Å². The first-order valence-electron chi connectivity index (χ1n) is 7.16. The number of nitrogens with two attached hydrogens (primary N) is 1. The van der Waals surface area contributed by atoms with Gasteiger partial charge in [0.05, 0.1) is 10.9 Å². The first-order chi connectivity index (χ1) is 10.2. The summed E-state index contributed by atoms with van der Waals surface area (Å²) in [6.07, 6.45) is 2.00. The molecule has 0 fully saturated rings. The maximum Gasteiger partial charge on any atom is 0.351 e. The van der Waals surface area contributed by atoms with Crippen LogP contribution in [0.5, 0.6) is 0 Å². The third-order valence-electron chi connectivity index (χ3n) is 4.37. The lowest BCUT2D eigenvalue weighted by Gasteiger charge is -2.36. The van der Waals surface area contributed by atoms with Crippen molar-refractivity contribution in [1.29, 1.82) is 0 Å². The maximum absolute atomic E-state index is 12.4. The predicted octanol–water partition coefficient (Wildman–Crippen LogP) is 2.54. The first-order valence-corrected chi connectivity index (χ1v) is 8.77. The van der Waals surface area contributed by atoms with E-state index in [-0.39, 0.29) is 18.3 Å². The Bertz CT molecular complexity index is 818. The molecule has 0 aliphatic carbocycles. The van der Waals surface area contributed by atoms with Gasteiger partial charge in [-0.2, -0.15) is 0 Å². The second-order valence-corrected chi connectivity index (χ2v) is 7.41. The van der Waals surface area contributed by atoms with E-state index >= 15 is 0 Å². The third-order valence-corrected chi connectivity index (χ3v) is 6.30. The van der Waals surface area contributed by atoms with Gasteiger partial charge in [0.25, 0.3) is 0 Å². The molecule has 2 rings (SSSR count). The van der Waals surface area contributed by atoms with Crippen molar-refractivity contribution in [1.82, 2.24) is 4.57 Å². The van der Waals surface area contributed by atoms with Gasteiger partial charge in [-0.15, -0.1) is 0 Å². The van der Waals surface area contributed by atoms with Gasteiger partial charge >= 0.3 is 7.60 Å². The normalized spacial score (nSPS) is 12.8. The van der Waals surface area contributed by atoms with Gasteiger partial charge in [-0.3, -0.25) is 9.36 Å². The molecule has 120 valence electrons. The number of hydrogen-bond donors (Lipinski definition) is 3. The molecule has 0 bridgehead atoms. The Balaban J connectivity index is 3.04. The molecule has 0 spiro atoms. The highest BCUT2D eigenvalue weighted by Gasteiger charge is 2.46. The lowest BCUT2D eigenvalue weighted by molar-refractivity contribution is 0.268. The van der Waals surface area contributed by atoms with Crippen LogP contribution in [-0.2, 0) is 9.85 Å². The summed E-state index contributed by atoms with van der Waals surface area (Å²) >= 11 is 0. The SMILES string of the molecule is CCC(CC)(n1cc(C)c(=O)c2c(N)cccc21)P(=O)(O)O. The van der Waals surface area contributed by atoms with Crippen molar-refractivity contribution >= 4 is 24.2 Å². The Morgan fingerprint density at radius 2 is 1.86 bits per heavy atom. The quantitative estimate of drug-likeness (QED) is 0.592. The van der Waals surface area contributed by atoms with Crippen LogP contribution in [-0.4, -0.2) is 14.4 Å². The van der Waals surface area contributed by atoms with E-state index in [4.69, 9.17) is 5.73 Å². The van der Waals surface area contributed by atoms with Crippen LogP contribution in [0.1, 0.15) is 32.3 Å². The predicted molar refractivity (Wildman–Crippen MR) is 88.0 cm³/mol. The van der Waals surface area contributed by atoms with E-state index in [0.29, 0.717) is 22.2 Å². The minimum absolute atomic E-state index is 0.212. The second-order valence-electron chi connectivity index (χ2n) is 5.49. The minimum atomic E-state index is -4.46. The molecule has 0 radical (unpaired) electrons. The number of pyridine rings is 1. The van der Waals surface area contributed by atoms with Gasteiger partial charge in [0.2, 0.25) is 0 Å². The molecule has 0 aliphatic rings. The highest BCUT2D eigenvalue weighted by Crippen LogP contribution is 2.58. The fourth-order valence-corrected chi connectivity index (χ4v) is 4.28. The van der Waals surface area contributed by atoms with Gasteiger partial charge in [-0.1, -0.05) is 19.9 Å². The van der Waals surface area contributed by atoms with Gasteiger partial charge in [0.15, 0.2) is 5.43 Å². The zero-order valence-corrected chi connectivity index (χ0v) is 13.8. The van der Waals surface area contributed by atoms with Crippen LogP contribution in [0.3, 0.4) is 0 Å². The van der Waals surface area contributed by atoms with Crippen molar-refractivity contribution in [3.63, 3.8) is 0 Å². The van der Waals surface area contributed by atoms with Gasteiger partial charge in [0.1, 0.15) is 5.28 Å². The first kappa shape index (κ1) is 16.7. The molecule has 0 atom stereocenters. The largest absolute Gasteiger partial charge is 0.398 e. The number of benzene rings is 1. The van der Waals surface area contributed by atoms with E-state index in [0.717, 1.165) is 0 Å².